The van der Waals surface area contributed by atoms with Crippen LogP contribution in [0.4, 0.5) is 10.4 Å². The molecule has 0 unspecified atom stereocenters. The summed E-state index contributed by atoms with van der Waals surface area (Å²) in [6.45, 7) is 4.16. The Balaban J connectivity index is 1.34. The molecule has 1 aliphatic rings. The maximum Gasteiger partial charge on any atom is 0.339 e. The number of benzene rings is 2. The number of para-hydroxylation sites is 1. The van der Waals surface area contributed by atoms with Gasteiger partial charge in [0, 0.05) is 25.7 Å². The van der Waals surface area contributed by atoms with Crippen LogP contribution in [0.15, 0.2) is 40.8 Å². The van der Waals surface area contributed by atoms with Crippen molar-refractivity contribution in [1.29, 1.82) is 0 Å². The van der Waals surface area contributed by atoms with E-state index in [-0.39, 0.29) is 18.2 Å². The Labute approximate surface area is 179 Å². The number of likely N-dealkylation sites (tertiary alicyclic amines) is 1. The van der Waals surface area contributed by atoms with Crippen molar-refractivity contribution in [3.05, 3.63) is 53.1 Å². The van der Waals surface area contributed by atoms with Gasteiger partial charge in [-0.1, -0.05) is 18.2 Å². The molecule has 164 valence electrons. The summed E-state index contributed by atoms with van der Waals surface area (Å²) in [5, 5.41) is 12.6. The molecule has 0 spiro atoms. The van der Waals surface area contributed by atoms with E-state index in [1.54, 1.807) is 12.1 Å². The molecule has 0 amide bonds. The maximum atomic E-state index is 12.4. The van der Waals surface area contributed by atoms with Gasteiger partial charge in [0.25, 0.3) is 6.01 Å². The normalized spacial score (nSPS) is 15.3. The number of nitrogens with one attached hydrogen (secondary N) is 1. The van der Waals surface area contributed by atoms with E-state index < -0.39 is 12.6 Å². The monoisotopic (exact) mass is 427 g/mol. The van der Waals surface area contributed by atoms with Crippen molar-refractivity contribution in [2.45, 2.75) is 32.4 Å². The third-order valence-electron chi connectivity index (χ3n) is 5.55. The minimum absolute atomic E-state index is 0.0745. The first-order valence-electron chi connectivity index (χ1n) is 10.4. The van der Waals surface area contributed by atoms with Crippen LogP contribution in [0.2, 0.25) is 0 Å². The van der Waals surface area contributed by atoms with Gasteiger partial charge in [-0.2, -0.15) is 4.98 Å². The number of nitrogens with zero attached hydrogens (tertiary/aromatic N) is 2. The molecule has 8 heteroatoms. The molecule has 2 heterocycles. The van der Waals surface area contributed by atoms with Crippen LogP contribution in [0.25, 0.3) is 11.1 Å². The Morgan fingerprint density at radius 3 is 2.87 bits per heavy atom. The highest BCUT2D eigenvalue weighted by atomic mass is 19.1. The largest absolute Gasteiger partial charge is 0.491 e. The minimum atomic E-state index is -1.03. The van der Waals surface area contributed by atoms with Crippen LogP contribution < -0.4 is 10.1 Å². The quantitative estimate of drug-likeness (QED) is 0.555. The molecule has 2 aromatic carbocycles. The van der Waals surface area contributed by atoms with Crippen LogP contribution in [0.1, 0.15) is 34.3 Å². The maximum absolute atomic E-state index is 12.4. The fourth-order valence-corrected chi connectivity index (χ4v) is 3.89. The van der Waals surface area contributed by atoms with Gasteiger partial charge in [-0.3, -0.25) is 4.90 Å². The lowest BCUT2D eigenvalue weighted by Gasteiger charge is -2.32. The van der Waals surface area contributed by atoms with E-state index in [2.05, 4.69) is 21.3 Å². The predicted octanol–water partition coefficient (Wildman–Crippen LogP) is 4.26. The topological polar surface area (TPSA) is 87.8 Å². The zero-order chi connectivity index (χ0) is 21.8. The second-order valence-corrected chi connectivity index (χ2v) is 7.81. The summed E-state index contributed by atoms with van der Waals surface area (Å²) in [6.07, 6.45) is 1.84. The summed E-state index contributed by atoms with van der Waals surface area (Å²) < 4.78 is 23.6. The van der Waals surface area contributed by atoms with Gasteiger partial charge in [0.2, 0.25) is 0 Å². The number of aromatic nitrogens is 1. The molecule has 0 aliphatic carbocycles. The molecule has 31 heavy (non-hydrogen) atoms. The van der Waals surface area contributed by atoms with Crippen molar-refractivity contribution < 1.29 is 23.4 Å². The van der Waals surface area contributed by atoms with Crippen LogP contribution in [0.5, 0.6) is 5.75 Å². The number of piperidine rings is 1. The number of hydrogen-bond donors (Lipinski definition) is 2. The number of carbonyl (C=O) groups is 1. The van der Waals surface area contributed by atoms with Crippen molar-refractivity contribution >= 4 is 23.1 Å². The first-order valence-corrected chi connectivity index (χ1v) is 10.4. The Kier molecular flexibility index (Phi) is 6.36. The number of halogens is 1. The Morgan fingerprint density at radius 1 is 1.32 bits per heavy atom. The molecule has 1 fully saturated rings. The molecule has 7 nitrogen and oxygen atoms in total. The first kappa shape index (κ1) is 21.1. The van der Waals surface area contributed by atoms with Gasteiger partial charge in [-0.05, 0) is 49.1 Å². The number of rotatable bonds is 8. The summed E-state index contributed by atoms with van der Waals surface area (Å²) in [5.41, 5.74) is 3.08. The zero-order valence-electron chi connectivity index (χ0n) is 17.4. The summed E-state index contributed by atoms with van der Waals surface area (Å²) in [6, 6.07) is 11.6. The standard InChI is InChI=1S/C23H26FN3O4/c1-15-5-6-16(13-20(15)30-12-9-24)14-27-10-7-17(8-11-27)25-23-26-19-4-2-3-18(22(28)29)21(19)31-23/h2-6,13,17H,7-12,14H2,1H3,(H,25,26)(H,28,29). The number of oxazole rings is 1. The average molecular weight is 427 g/mol. The molecular weight excluding hydrogens is 401 g/mol. The summed E-state index contributed by atoms with van der Waals surface area (Å²) in [4.78, 5) is 18.1. The van der Waals surface area contributed by atoms with E-state index in [1.165, 1.54) is 6.07 Å². The molecule has 1 aliphatic heterocycles. The van der Waals surface area contributed by atoms with Crippen molar-refractivity contribution in [3.8, 4) is 5.75 Å². The highest BCUT2D eigenvalue weighted by Gasteiger charge is 2.22. The smallest absolute Gasteiger partial charge is 0.339 e. The van der Waals surface area contributed by atoms with E-state index in [9.17, 15) is 14.3 Å². The van der Waals surface area contributed by atoms with Crippen molar-refractivity contribution in [1.82, 2.24) is 9.88 Å². The number of alkyl halides is 1. The van der Waals surface area contributed by atoms with Crippen molar-refractivity contribution in [3.63, 3.8) is 0 Å². The van der Waals surface area contributed by atoms with E-state index in [4.69, 9.17) is 9.15 Å². The van der Waals surface area contributed by atoms with Crippen molar-refractivity contribution in [2.24, 2.45) is 0 Å². The van der Waals surface area contributed by atoms with E-state index in [0.717, 1.165) is 49.4 Å². The molecule has 0 radical (unpaired) electrons. The first-order chi connectivity index (χ1) is 15.0. The highest BCUT2D eigenvalue weighted by Crippen LogP contribution is 2.26. The number of aryl methyl sites for hydroxylation is 1. The lowest BCUT2D eigenvalue weighted by atomic mass is 10.0. The van der Waals surface area contributed by atoms with Gasteiger partial charge < -0.3 is 19.6 Å². The van der Waals surface area contributed by atoms with Gasteiger partial charge in [0.15, 0.2) is 5.58 Å². The minimum Gasteiger partial charge on any atom is -0.491 e. The molecular formula is C23H26FN3O4. The predicted molar refractivity (Wildman–Crippen MR) is 116 cm³/mol. The van der Waals surface area contributed by atoms with Crippen LogP contribution in [-0.4, -0.2) is 53.4 Å². The third-order valence-corrected chi connectivity index (χ3v) is 5.55. The molecule has 1 saturated heterocycles. The van der Waals surface area contributed by atoms with Gasteiger partial charge in [0.1, 0.15) is 30.1 Å². The molecule has 4 rings (SSSR count). The Morgan fingerprint density at radius 2 is 2.13 bits per heavy atom. The van der Waals surface area contributed by atoms with Crippen LogP contribution >= 0.6 is 0 Å². The van der Waals surface area contributed by atoms with Gasteiger partial charge in [0.05, 0.1) is 0 Å². The molecule has 0 bridgehead atoms. The average Bonchev–Trinajstić information content (AvgIpc) is 3.17. The van der Waals surface area contributed by atoms with Crippen molar-refractivity contribution in [2.75, 3.05) is 31.7 Å². The Bertz CT molecular complexity index is 1060. The van der Waals surface area contributed by atoms with Gasteiger partial charge >= 0.3 is 5.97 Å². The molecule has 0 saturated carbocycles. The van der Waals surface area contributed by atoms with E-state index in [1.807, 2.05) is 19.1 Å². The second-order valence-electron chi connectivity index (χ2n) is 7.81. The molecule has 2 N–H and O–H groups in total. The number of carboxylic acids is 1. The lowest BCUT2D eigenvalue weighted by molar-refractivity contribution is 0.0698. The summed E-state index contributed by atoms with van der Waals surface area (Å²) in [5.74, 6) is -0.292. The van der Waals surface area contributed by atoms with E-state index in [0.29, 0.717) is 17.1 Å². The summed E-state index contributed by atoms with van der Waals surface area (Å²) >= 11 is 0. The fourth-order valence-electron chi connectivity index (χ4n) is 3.89. The SMILES string of the molecule is Cc1ccc(CN2CCC(Nc3nc4cccc(C(=O)O)c4o3)CC2)cc1OCCF. The van der Waals surface area contributed by atoms with Crippen LogP contribution in [0.3, 0.4) is 0 Å². The molecule has 0 atom stereocenters. The number of aromatic carboxylic acids is 1. The number of anilines is 1. The summed E-state index contributed by atoms with van der Waals surface area (Å²) in [7, 11) is 0. The van der Waals surface area contributed by atoms with E-state index >= 15 is 0 Å². The lowest BCUT2D eigenvalue weighted by Crippen LogP contribution is -2.38. The van der Waals surface area contributed by atoms with Crippen LogP contribution in [-0.2, 0) is 6.54 Å². The molecule has 1 aromatic heterocycles. The second kappa shape index (κ2) is 9.34. The fraction of sp³-hybridized carbons (Fsp3) is 0.391. The zero-order valence-corrected chi connectivity index (χ0v) is 17.4. The number of fused-ring (bicyclic) bond motifs is 1. The number of carboxylic acid groups (broad SMARTS) is 1. The molecule has 3 aromatic rings. The highest BCUT2D eigenvalue weighted by molar-refractivity contribution is 6.00. The number of ether oxygens (including phenoxy) is 1. The van der Waals surface area contributed by atoms with Gasteiger partial charge in [-0.25, -0.2) is 9.18 Å². The Hall–Kier alpha value is -3.13. The van der Waals surface area contributed by atoms with Crippen LogP contribution in [0, 0.1) is 6.92 Å². The van der Waals surface area contributed by atoms with Gasteiger partial charge in [-0.15, -0.1) is 0 Å². The third kappa shape index (κ3) is 4.96. The number of hydrogen-bond acceptors (Lipinski definition) is 6.